The molecule has 2 aromatic rings. The summed E-state index contributed by atoms with van der Waals surface area (Å²) in [6, 6.07) is 1.45. The van der Waals surface area contributed by atoms with Gasteiger partial charge < -0.3 is 19.7 Å². The minimum absolute atomic E-state index is 0.0110. The van der Waals surface area contributed by atoms with Gasteiger partial charge >= 0.3 is 0 Å². The van der Waals surface area contributed by atoms with Gasteiger partial charge in [0.1, 0.15) is 5.02 Å². The van der Waals surface area contributed by atoms with Gasteiger partial charge in [-0.05, 0) is 6.07 Å². The highest BCUT2D eigenvalue weighted by molar-refractivity contribution is 6.32. The van der Waals surface area contributed by atoms with Crippen LogP contribution in [0, 0.1) is 5.82 Å². The first kappa shape index (κ1) is 10.2. The van der Waals surface area contributed by atoms with Gasteiger partial charge in [0.25, 0.3) is 0 Å². The van der Waals surface area contributed by atoms with E-state index in [0.717, 1.165) is 0 Å². The van der Waals surface area contributed by atoms with Gasteiger partial charge in [-0.15, -0.1) is 0 Å². The van der Waals surface area contributed by atoms with E-state index >= 15 is 0 Å². The number of ether oxygens (including phenoxy) is 2. The summed E-state index contributed by atoms with van der Waals surface area (Å²) in [6.07, 6.45) is 1.31. The van der Waals surface area contributed by atoms with Gasteiger partial charge in [0, 0.05) is 5.56 Å². The number of halogens is 2. The quantitative estimate of drug-likeness (QED) is 0.849. The standard InChI is InChI=1S/C10H6ClFN2O3/c11-7-8(12)4(5-2-14-17-10(5)13)1-6-9(7)16-3-15-6/h1-2H,3,13H2. The van der Waals surface area contributed by atoms with E-state index in [1.165, 1.54) is 12.3 Å². The molecule has 1 aliphatic heterocycles. The van der Waals surface area contributed by atoms with Crippen molar-refractivity contribution in [2.45, 2.75) is 0 Å². The molecule has 0 atom stereocenters. The summed E-state index contributed by atoms with van der Waals surface area (Å²) in [7, 11) is 0. The zero-order chi connectivity index (χ0) is 12.0. The Hall–Kier alpha value is -1.95. The van der Waals surface area contributed by atoms with E-state index in [1.54, 1.807) is 0 Å². The second kappa shape index (κ2) is 3.53. The van der Waals surface area contributed by atoms with E-state index in [-0.39, 0.29) is 29.0 Å². The van der Waals surface area contributed by atoms with Crippen LogP contribution >= 0.6 is 11.6 Å². The molecule has 0 unspecified atom stereocenters. The minimum atomic E-state index is -0.647. The summed E-state index contributed by atoms with van der Waals surface area (Å²) >= 11 is 5.84. The van der Waals surface area contributed by atoms with E-state index in [2.05, 4.69) is 9.68 Å². The van der Waals surface area contributed by atoms with Crippen molar-refractivity contribution in [3.63, 3.8) is 0 Å². The van der Waals surface area contributed by atoms with Crippen molar-refractivity contribution in [1.82, 2.24) is 5.16 Å². The first-order valence-electron chi connectivity index (χ1n) is 4.66. The number of fused-ring (bicyclic) bond motifs is 1. The average molecular weight is 257 g/mol. The van der Waals surface area contributed by atoms with Gasteiger partial charge in [0.2, 0.25) is 12.7 Å². The molecule has 0 saturated heterocycles. The maximum Gasteiger partial charge on any atom is 0.231 e. The molecule has 7 heteroatoms. The highest BCUT2D eigenvalue weighted by Gasteiger charge is 2.25. The van der Waals surface area contributed by atoms with Crippen LogP contribution in [0.3, 0.4) is 0 Å². The molecule has 2 heterocycles. The fourth-order valence-corrected chi connectivity index (χ4v) is 1.88. The molecule has 1 aliphatic rings. The molecule has 0 aliphatic carbocycles. The third kappa shape index (κ3) is 1.41. The Morgan fingerprint density at radius 3 is 2.88 bits per heavy atom. The summed E-state index contributed by atoms with van der Waals surface area (Å²) in [5.74, 6) is -0.0698. The van der Waals surface area contributed by atoms with Crippen molar-refractivity contribution in [2.24, 2.45) is 0 Å². The second-order valence-corrected chi connectivity index (χ2v) is 3.77. The number of hydrogen-bond donors (Lipinski definition) is 1. The molecule has 0 bridgehead atoms. The van der Waals surface area contributed by atoms with Crippen LogP contribution in [0.4, 0.5) is 10.3 Å². The molecule has 0 radical (unpaired) electrons. The fourth-order valence-electron chi connectivity index (χ4n) is 1.63. The topological polar surface area (TPSA) is 70.5 Å². The van der Waals surface area contributed by atoms with Gasteiger partial charge in [-0.25, -0.2) is 4.39 Å². The van der Waals surface area contributed by atoms with Crippen molar-refractivity contribution in [3.05, 3.63) is 23.1 Å². The number of hydrogen-bond acceptors (Lipinski definition) is 5. The number of rotatable bonds is 1. The molecule has 0 spiro atoms. The highest BCUT2D eigenvalue weighted by atomic mass is 35.5. The lowest BCUT2D eigenvalue weighted by Crippen LogP contribution is -1.93. The van der Waals surface area contributed by atoms with Gasteiger partial charge in [0.15, 0.2) is 17.3 Å². The van der Waals surface area contributed by atoms with Crippen molar-refractivity contribution < 1.29 is 18.4 Å². The predicted octanol–water partition coefficient (Wildman–Crippen LogP) is 2.45. The van der Waals surface area contributed by atoms with E-state index in [4.69, 9.17) is 26.8 Å². The Bertz CT molecular complexity index is 599. The summed E-state index contributed by atoms with van der Waals surface area (Å²) in [5, 5.41) is 3.34. The van der Waals surface area contributed by atoms with Gasteiger partial charge in [-0.2, -0.15) is 0 Å². The maximum atomic E-state index is 14.0. The van der Waals surface area contributed by atoms with Crippen LogP contribution in [0.5, 0.6) is 11.5 Å². The van der Waals surface area contributed by atoms with Crippen LogP contribution in [0.2, 0.25) is 5.02 Å². The molecule has 0 amide bonds. The summed E-state index contributed by atoms with van der Waals surface area (Å²) in [5.41, 5.74) is 6.01. The van der Waals surface area contributed by atoms with E-state index in [0.29, 0.717) is 11.3 Å². The molecule has 88 valence electrons. The third-order valence-electron chi connectivity index (χ3n) is 2.43. The fraction of sp³-hybridized carbons (Fsp3) is 0.100. The van der Waals surface area contributed by atoms with Crippen LogP contribution in [0.15, 0.2) is 16.8 Å². The lowest BCUT2D eigenvalue weighted by atomic mass is 10.1. The van der Waals surface area contributed by atoms with Crippen molar-refractivity contribution >= 4 is 17.5 Å². The molecular weight excluding hydrogens is 251 g/mol. The Balaban J connectivity index is 2.25. The summed E-state index contributed by atoms with van der Waals surface area (Å²) in [4.78, 5) is 0. The highest BCUT2D eigenvalue weighted by Crippen LogP contribution is 2.45. The molecule has 1 aromatic heterocycles. The molecule has 2 N–H and O–H groups in total. The van der Waals surface area contributed by atoms with E-state index < -0.39 is 5.82 Å². The summed E-state index contributed by atoms with van der Waals surface area (Å²) in [6.45, 7) is 0.0110. The molecule has 0 fully saturated rings. The SMILES string of the molecule is Nc1oncc1-c1cc2c(c(Cl)c1F)OCO2. The number of nitrogens with two attached hydrogens (primary N) is 1. The zero-order valence-electron chi connectivity index (χ0n) is 8.37. The second-order valence-electron chi connectivity index (χ2n) is 3.39. The Morgan fingerprint density at radius 2 is 2.18 bits per heavy atom. The van der Waals surface area contributed by atoms with E-state index in [1.807, 2.05) is 0 Å². The number of anilines is 1. The van der Waals surface area contributed by atoms with Crippen molar-refractivity contribution in [2.75, 3.05) is 12.5 Å². The molecule has 17 heavy (non-hydrogen) atoms. The average Bonchev–Trinajstić information content (AvgIpc) is 2.92. The first-order chi connectivity index (χ1) is 8.18. The normalized spacial score (nSPS) is 13.1. The number of nitrogen functional groups attached to an aromatic ring is 1. The molecule has 3 rings (SSSR count). The van der Waals surface area contributed by atoms with Crippen LogP contribution < -0.4 is 15.2 Å². The number of aromatic nitrogens is 1. The van der Waals surface area contributed by atoms with Gasteiger partial charge in [-0.3, -0.25) is 0 Å². The molecule has 0 saturated carbocycles. The smallest absolute Gasteiger partial charge is 0.231 e. The van der Waals surface area contributed by atoms with Crippen LogP contribution in [0.1, 0.15) is 0 Å². The Kier molecular flexibility index (Phi) is 2.12. The van der Waals surface area contributed by atoms with E-state index in [9.17, 15) is 4.39 Å². The maximum absolute atomic E-state index is 14.0. The zero-order valence-corrected chi connectivity index (χ0v) is 9.12. The van der Waals surface area contributed by atoms with Gasteiger partial charge in [0.05, 0.1) is 11.8 Å². The third-order valence-corrected chi connectivity index (χ3v) is 2.77. The molecular formula is C10H6ClFN2O3. The van der Waals surface area contributed by atoms with Crippen molar-refractivity contribution in [3.8, 4) is 22.6 Å². The first-order valence-corrected chi connectivity index (χ1v) is 5.04. The molecule has 1 aromatic carbocycles. The predicted molar refractivity (Wildman–Crippen MR) is 57.4 cm³/mol. The van der Waals surface area contributed by atoms with Crippen LogP contribution in [-0.4, -0.2) is 11.9 Å². The molecule has 5 nitrogen and oxygen atoms in total. The van der Waals surface area contributed by atoms with Gasteiger partial charge in [-0.1, -0.05) is 16.8 Å². The lowest BCUT2D eigenvalue weighted by Gasteiger charge is -2.05. The number of nitrogens with zero attached hydrogens (tertiary/aromatic N) is 1. The largest absolute Gasteiger partial charge is 0.454 e. The Morgan fingerprint density at radius 1 is 1.35 bits per heavy atom. The lowest BCUT2D eigenvalue weighted by molar-refractivity contribution is 0.174. The van der Waals surface area contributed by atoms with Crippen molar-refractivity contribution in [1.29, 1.82) is 0 Å². The van der Waals surface area contributed by atoms with Crippen LogP contribution in [-0.2, 0) is 0 Å². The Labute approximate surface area is 99.8 Å². The summed E-state index contributed by atoms with van der Waals surface area (Å²) < 4.78 is 28.9. The number of benzene rings is 1. The minimum Gasteiger partial charge on any atom is -0.454 e. The monoisotopic (exact) mass is 256 g/mol. The van der Waals surface area contributed by atoms with Crippen LogP contribution in [0.25, 0.3) is 11.1 Å².